The number of hydrogen-bond acceptors (Lipinski definition) is 6. The van der Waals surface area contributed by atoms with E-state index in [0.29, 0.717) is 17.1 Å². The fraction of sp³-hybridized carbons (Fsp3) is 0.667. The van der Waals surface area contributed by atoms with Crippen LogP contribution in [0, 0.1) is 11.8 Å². The van der Waals surface area contributed by atoms with Crippen molar-refractivity contribution in [2.24, 2.45) is 11.8 Å². The maximum absolute atomic E-state index is 12.6. The van der Waals surface area contributed by atoms with Crippen molar-refractivity contribution in [2.45, 2.75) is 51.6 Å². The second kappa shape index (κ2) is 7.84. The Morgan fingerprint density at radius 3 is 3.12 bits per heavy atom. The summed E-state index contributed by atoms with van der Waals surface area (Å²) in [6, 6.07) is 0.457. The third kappa shape index (κ3) is 3.81. The number of nitrogens with one attached hydrogen (secondary N) is 1. The molecule has 5 heterocycles. The van der Waals surface area contributed by atoms with Crippen LogP contribution < -0.4 is 5.32 Å². The number of rotatable bonds is 7. The van der Waals surface area contributed by atoms with Crippen LogP contribution in [0.25, 0.3) is 0 Å². The molecule has 0 saturated carbocycles. The minimum Gasteiger partial charge on any atom is -0.302 e. The van der Waals surface area contributed by atoms with E-state index >= 15 is 0 Å². The van der Waals surface area contributed by atoms with E-state index in [0.717, 1.165) is 51.0 Å². The zero-order valence-electron chi connectivity index (χ0n) is 15.2. The van der Waals surface area contributed by atoms with Gasteiger partial charge in [-0.15, -0.1) is 16.4 Å². The van der Waals surface area contributed by atoms with Gasteiger partial charge in [-0.3, -0.25) is 14.4 Å². The van der Waals surface area contributed by atoms with Crippen molar-refractivity contribution in [3.05, 3.63) is 23.5 Å². The van der Waals surface area contributed by atoms with E-state index in [1.54, 1.807) is 6.20 Å². The molecule has 2 aromatic heterocycles. The van der Waals surface area contributed by atoms with Crippen molar-refractivity contribution in [2.75, 3.05) is 18.4 Å². The summed E-state index contributed by atoms with van der Waals surface area (Å²) in [5.74, 6) is 0.642. The highest BCUT2D eigenvalue weighted by Gasteiger charge is 2.43. The number of amides is 1. The summed E-state index contributed by atoms with van der Waals surface area (Å²) in [7, 11) is 0. The lowest BCUT2D eigenvalue weighted by Gasteiger charge is -2.49. The number of piperidine rings is 3. The van der Waals surface area contributed by atoms with Gasteiger partial charge in [-0.2, -0.15) is 0 Å². The van der Waals surface area contributed by atoms with E-state index in [1.165, 1.54) is 17.8 Å². The Hall–Kier alpha value is -1.80. The molecule has 1 amide bonds. The molecule has 140 valence electrons. The quantitative estimate of drug-likeness (QED) is 0.805. The second-order valence-corrected chi connectivity index (χ2v) is 8.30. The fourth-order valence-corrected chi connectivity index (χ4v) is 4.76. The number of aromatic nitrogens is 4. The molecule has 2 aromatic rings. The first kappa shape index (κ1) is 17.6. The molecule has 2 bridgehead atoms. The molecular weight excluding hydrogens is 348 g/mol. The number of fused-ring (bicyclic) bond motifs is 3. The summed E-state index contributed by atoms with van der Waals surface area (Å²) in [6.07, 6.45) is 9.31. The van der Waals surface area contributed by atoms with Gasteiger partial charge < -0.3 is 5.32 Å². The van der Waals surface area contributed by atoms with Gasteiger partial charge in [0.25, 0.3) is 0 Å². The van der Waals surface area contributed by atoms with E-state index in [4.69, 9.17) is 0 Å². The van der Waals surface area contributed by atoms with E-state index in [2.05, 4.69) is 38.6 Å². The minimum absolute atomic E-state index is 0.0692. The minimum atomic E-state index is 0.0692. The third-order valence-electron chi connectivity index (χ3n) is 5.65. The smallest absolute Gasteiger partial charge is 0.230 e. The molecule has 0 aromatic carbocycles. The SMILES string of the molecule is CCCCc1cn(C[C@H]2C[C@@H]3CCN2C[C@@H]3C(=O)Nc2nccs2)nn1. The number of carbonyl (C=O) groups excluding carboxylic acids is 1. The highest BCUT2D eigenvalue weighted by atomic mass is 32.1. The van der Waals surface area contributed by atoms with E-state index in [1.807, 2.05) is 10.1 Å². The molecule has 3 aliphatic heterocycles. The number of thiazole rings is 1. The standard InChI is InChI=1S/C18H26N6OS/c1-2-3-4-14-10-24(22-21-14)11-15-9-13-5-7-23(15)12-16(13)17(25)20-18-19-6-8-26-18/h6,8,10,13,15-16H,2-5,7,9,11-12H2,1H3,(H,19,20,25)/t13-,15+,16-/m0/s1. The van der Waals surface area contributed by atoms with Crippen LogP contribution in [0.3, 0.4) is 0 Å². The third-order valence-corrected chi connectivity index (χ3v) is 6.34. The molecular formula is C18H26N6OS. The molecule has 8 heteroatoms. The van der Waals surface area contributed by atoms with Crippen molar-refractivity contribution >= 4 is 22.4 Å². The molecule has 0 radical (unpaired) electrons. The van der Waals surface area contributed by atoms with Crippen LogP contribution in [0.5, 0.6) is 0 Å². The summed E-state index contributed by atoms with van der Waals surface area (Å²) < 4.78 is 1.99. The predicted molar refractivity (Wildman–Crippen MR) is 101 cm³/mol. The van der Waals surface area contributed by atoms with E-state index in [-0.39, 0.29) is 11.8 Å². The summed E-state index contributed by atoms with van der Waals surface area (Å²) in [5.41, 5.74) is 1.09. The molecule has 3 aliphatic rings. The van der Waals surface area contributed by atoms with Gasteiger partial charge in [-0.05, 0) is 38.1 Å². The van der Waals surface area contributed by atoms with Gasteiger partial charge in [-0.25, -0.2) is 4.98 Å². The molecule has 1 unspecified atom stereocenters. The van der Waals surface area contributed by atoms with Crippen LogP contribution in [0.2, 0.25) is 0 Å². The van der Waals surface area contributed by atoms with Crippen LogP contribution in [0.1, 0.15) is 38.3 Å². The Kier molecular flexibility index (Phi) is 5.31. The molecule has 1 N–H and O–H groups in total. The van der Waals surface area contributed by atoms with Crippen molar-refractivity contribution in [1.82, 2.24) is 24.9 Å². The van der Waals surface area contributed by atoms with Gasteiger partial charge in [0.05, 0.1) is 18.2 Å². The molecule has 0 aliphatic carbocycles. The summed E-state index contributed by atoms with van der Waals surface area (Å²) in [6.45, 7) is 4.98. The van der Waals surface area contributed by atoms with Crippen LogP contribution in [0.15, 0.2) is 17.8 Å². The lowest BCUT2D eigenvalue weighted by Crippen LogP contribution is -2.57. The van der Waals surface area contributed by atoms with Gasteiger partial charge in [0, 0.05) is 30.4 Å². The van der Waals surface area contributed by atoms with Crippen LogP contribution in [0.4, 0.5) is 5.13 Å². The zero-order valence-corrected chi connectivity index (χ0v) is 16.0. The number of aryl methyl sites for hydroxylation is 1. The molecule has 26 heavy (non-hydrogen) atoms. The molecule has 3 fully saturated rings. The highest BCUT2D eigenvalue weighted by molar-refractivity contribution is 7.13. The Morgan fingerprint density at radius 1 is 1.46 bits per heavy atom. The Balaban J connectivity index is 1.34. The molecule has 7 nitrogen and oxygen atoms in total. The van der Waals surface area contributed by atoms with E-state index in [9.17, 15) is 4.79 Å². The van der Waals surface area contributed by atoms with Gasteiger partial charge >= 0.3 is 0 Å². The zero-order chi connectivity index (χ0) is 17.9. The van der Waals surface area contributed by atoms with Crippen LogP contribution in [-0.4, -0.2) is 49.9 Å². The van der Waals surface area contributed by atoms with Crippen LogP contribution in [-0.2, 0) is 17.8 Å². The van der Waals surface area contributed by atoms with Gasteiger partial charge in [-0.1, -0.05) is 18.6 Å². The van der Waals surface area contributed by atoms with Gasteiger partial charge in [0.2, 0.25) is 5.91 Å². The van der Waals surface area contributed by atoms with Crippen molar-refractivity contribution < 1.29 is 4.79 Å². The fourth-order valence-electron chi connectivity index (χ4n) is 4.22. The van der Waals surface area contributed by atoms with Crippen molar-refractivity contribution in [3.63, 3.8) is 0 Å². The van der Waals surface area contributed by atoms with Gasteiger partial charge in [0.1, 0.15) is 0 Å². The van der Waals surface area contributed by atoms with Gasteiger partial charge in [0.15, 0.2) is 5.13 Å². The largest absolute Gasteiger partial charge is 0.302 e. The maximum Gasteiger partial charge on any atom is 0.230 e. The molecule has 4 atom stereocenters. The lowest BCUT2D eigenvalue weighted by atomic mass is 9.75. The maximum atomic E-state index is 12.6. The first-order valence-electron chi connectivity index (χ1n) is 9.56. The number of unbranched alkanes of at least 4 members (excludes halogenated alkanes) is 1. The lowest BCUT2D eigenvalue weighted by molar-refractivity contribution is -0.127. The van der Waals surface area contributed by atoms with E-state index < -0.39 is 0 Å². The average molecular weight is 375 g/mol. The summed E-state index contributed by atoms with van der Waals surface area (Å²) in [5, 5.41) is 14.2. The average Bonchev–Trinajstić information content (AvgIpc) is 3.32. The predicted octanol–water partition coefficient (Wildman–Crippen LogP) is 2.43. The number of anilines is 1. The summed E-state index contributed by atoms with van der Waals surface area (Å²) in [4.78, 5) is 19.2. The highest BCUT2D eigenvalue weighted by Crippen LogP contribution is 2.37. The summed E-state index contributed by atoms with van der Waals surface area (Å²) >= 11 is 1.47. The topological polar surface area (TPSA) is 75.9 Å². The Morgan fingerprint density at radius 2 is 2.38 bits per heavy atom. The van der Waals surface area contributed by atoms with Crippen molar-refractivity contribution in [1.29, 1.82) is 0 Å². The number of carbonyl (C=O) groups is 1. The number of hydrogen-bond donors (Lipinski definition) is 1. The van der Waals surface area contributed by atoms with Crippen molar-refractivity contribution in [3.8, 4) is 0 Å². The molecule has 0 spiro atoms. The Bertz CT molecular complexity index is 730. The normalized spacial score (nSPS) is 27.6. The first-order valence-corrected chi connectivity index (χ1v) is 10.4. The first-order chi connectivity index (χ1) is 12.7. The second-order valence-electron chi connectivity index (χ2n) is 7.40. The molecule has 5 rings (SSSR count). The molecule has 3 saturated heterocycles. The monoisotopic (exact) mass is 374 g/mol. The Labute approximate surface area is 157 Å². The van der Waals surface area contributed by atoms with Crippen LogP contribution >= 0.6 is 11.3 Å². The number of nitrogens with zero attached hydrogens (tertiary/aromatic N) is 5.